The molecule has 7 nitrogen and oxygen atoms in total. The first kappa shape index (κ1) is 17.9. The number of benzene rings is 2. The van der Waals surface area contributed by atoms with E-state index in [9.17, 15) is 5.11 Å². The van der Waals surface area contributed by atoms with Crippen molar-refractivity contribution in [1.82, 2.24) is 19.6 Å². The van der Waals surface area contributed by atoms with Gasteiger partial charge in [-0.05, 0) is 35.2 Å². The van der Waals surface area contributed by atoms with Crippen molar-refractivity contribution < 1.29 is 14.6 Å². The fourth-order valence-corrected chi connectivity index (χ4v) is 4.61. The molecule has 8 heteroatoms. The number of phenols is 1. The molecule has 0 fully saturated rings. The lowest BCUT2D eigenvalue weighted by molar-refractivity contribution is 0.414. The van der Waals surface area contributed by atoms with E-state index in [1.165, 1.54) is 0 Å². The fraction of sp³-hybridized carbons (Fsp3) is 0.0870. The molecule has 152 valence electrons. The maximum Gasteiger partial charge on any atom is 0.228 e. The molecule has 6 rings (SSSR count). The Labute approximate surface area is 181 Å². The van der Waals surface area contributed by atoms with Gasteiger partial charge in [-0.25, -0.2) is 14.5 Å². The zero-order valence-corrected chi connectivity index (χ0v) is 17.2. The Hall–Kier alpha value is -3.91. The molecule has 1 atom stereocenters. The van der Waals surface area contributed by atoms with Crippen LogP contribution in [0.3, 0.4) is 0 Å². The van der Waals surface area contributed by atoms with Crippen LogP contribution in [0, 0.1) is 0 Å². The minimum atomic E-state index is -0.193. The van der Waals surface area contributed by atoms with Crippen molar-refractivity contribution in [2.24, 2.45) is 0 Å². The van der Waals surface area contributed by atoms with Gasteiger partial charge >= 0.3 is 0 Å². The van der Waals surface area contributed by atoms with E-state index in [1.807, 2.05) is 47.8 Å². The molecule has 0 aliphatic carbocycles. The summed E-state index contributed by atoms with van der Waals surface area (Å²) < 4.78 is 13.1. The van der Waals surface area contributed by atoms with E-state index in [0.29, 0.717) is 23.1 Å². The van der Waals surface area contributed by atoms with Gasteiger partial charge in [-0.3, -0.25) is 0 Å². The van der Waals surface area contributed by atoms with Gasteiger partial charge in [-0.1, -0.05) is 24.3 Å². The third kappa shape index (κ3) is 2.83. The van der Waals surface area contributed by atoms with Crippen LogP contribution in [-0.2, 0) is 0 Å². The second kappa shape index (κ2) is 6.82. The van der Waals surface area contributed by atoms with Gasteiger partial charge in [-0.15, -0.1) is 16.4 Å². The number of aromatic hydroxyl groups is 1. The molecular weight excluding hydrogens is 412 g/mol. The summed E-state index contributed by atoms with van der Waals surface area (Å²) in [7, 11) is 1.65. The van der Waals surface area contributed by atoms with Gasteiger partial charge in [0.25, 0.3) is 0 Å². The lowest BCUT2D eigenvalue weighted by Crippen LogP contribution is -2.15. The largest absolute Gasteiger partial charge is 0.508 e. The van der Waals surface area contributed by atoms with Crippen LogP contribution in [0.2, 0.25) is 0 Å². The number of nitrogens with zero attached hydrogens (tertiary/aromatic N) is 4. The number of rotatable bonds is 3. The average Bonchev–Trinajstić information content (AvgIpc) is 3.47. The summed E-state index contributed by atoms with van der Waals surface area (Å²) in [4.78, 5) is 10.3. The predicted octanol–water partition coefficient (Wildman–Crippen LogP) is 4.85. The van der Waals surface area contributed by atoms with Crippen molar-refractivity contribution in [2.45, 2.75) is 5.92 Å². The molecule has 0 bridgehead atoms. The zero-order valence-electron chi connectivity index (χ0n) is 16.4. The molecule has 1 N–H and O–H groups in total. The molecule has 0 saturated heterocycles. The van der Waals surface area contributed by atoms with E-state index in [-0.39, 0.29) is 11.7 Å². The standard InChI is InChI=1S/C23H16N4O3S/c1-29-15-7-4-13(5-8-15)19-16-9-6-14(28)11-17(16)30-23-20(19)22-25-21(18-3-2-10-31-18)26-27(22)12-24-23/h2-12,19,28H,1H3. The number of fused-ring (bicyclic) bond motifs is 4. The van der Waals surface area contributed by atoms with Crippen LogP contribution in [0.1, 0.15) is 22.6 Å². The average molecular weight is 428 g/mol. The smallest absolute Gasteiger partial charge is 0.228 e. The number of methoxy groups -OCH3 is 1. The van der Waals surface area contributed by atoms with Crippen LogP contribution < -0.4 is 9.47 Å². The first-order chi connectivity index (χ1) is 15.2. The minimum Gasteiger partial charge on any atom is -0.508 e. The third-order valence-electron chi connectivity index (χ3n) is 5.38. The van der Waals surface area contributed by atoms with E-state index >= 15 is 0 Å². The van der Waals surface area contributed by atoms with E-state index in [1.54, 1.807) is 41.4 Å². The molecule has 4 heterocycles. The highest BCUT2D eigenvalue weighted by atomic mass is 32.1. The monoisotopic (exact) mass is 428 g/mol. The lowest BCUT2D eigenvalue weighted by atomic mass is 9.84. The number of phenolic OH excluding ortho intramolecular Hbond substituents is 1. The molecule has 3 aromatic heterocycles. The molecule has 2 aromatic carbocycles. The van der Waals surface area contributed by atoms with Gasteiger partial charge in [-0.2, -0.15) is 0 Å². The van der Waals surface area contributed by atoms with Crippen LogP contribution in [-0.4, -0.2) is 31.8 Å². The molecule has 1 aliphatic rings. The van der Waals surface area contributed by atoms with Gasteiger partial charge in [0.1, 0.15) is 23.6 Å². The van der Waals surface area contributed by atoms with E-state index < -0.39 is 0 Å². The molecule has 0 saturated carbocycles. The SMILES string of the molecule is COc1ccc(C2c3ccc(O)cc3Oc3ncn4nc(-c5cccs5)nc4c32)cc1. The van der Waals surface area contributed by atoms with Crippen LogP contribution in [0.5, 0.6) is 23.1 Å². The predicted molar refractivity (Wildman–Crippen MR) is 116 cm³/mol. The first-order valence-corrected chi connectivity index (χ1v) is 10.5. The number of hydrogen-bond acceptors (Lipinski definition) is 7. The molecule has 0 radical (unpaired) electrons. The van der Waals surface area contributed by atoms with Gasteiger partial charge in [0, 0.05) is 17.5 Å². The molecule has 1 unspecified atom stereocenters. The highest BCUT2D eigenvalue weighted by Crippen LogP contribution is 2.48. The van der Waals surface area contributed by atoms with Crippen molar-refractivity contribution in [3.63, 3.8) is 0 Å². The van der Waals surface area contributed by atoms with Crippen LogP contribution >= 0.6 is 11.3 Å². The van der Waals surface area contributed by atoms with Gasteiger partial charge in [0.2, 0.25) is 5.88 Å². The van der Waals surface area contributed by atoms with Crippen molar-refractivity contribution in [3.05, 3.63) is 83.0 Å². The Morgan fingerprint density at radius 1 is 1.13 bits per heavy atom. The van der Waals surface area contributed by atoms with Gasteiger partial charge in [0.05, 0.1) is 17.6 Å². The van der Waals surface area contributed by atoms with Crippen molar-refractivity contribution in [2.75, 3.05) is 7.11 Å². The van der Waals surface area contributed by atoms with E-state index in [2.05, 4.69) is 10.1 Å². The summed E-state index contributed by atoms with van der Waals surface area (Å²) in [5, 5.41) is 16.6. The summed E-state index contributed by atoms with van der Waals surface area (Å²) in [6.07, 6.45) is 1.61. The highest BCUT2D eigenvalue weighted by molar-refractivity contribution is 7.13. The van der Waals surface area contributed by atoms with Gasteiger partial charge < -0.3 is 14.6 Å². The Morgan fingerprint density at radius 2 is 2.00 bits per heavy atom. The molecule has 5 aromatic rings. The lowest BCUT2D eigenvalue weighted by Gasteiger charge is -2.28. The molecule has 31 heavy (non-hydrogen) atoms. The Balaban J connectivity index is 1.61. The van der Waals surface area contributed by atoms with E-state index in [4.69, 9.17) is 14.5 Å². The number of hydrogen-bond donors (Lipinski definition) is 1. The summed E-state index contributed by atoms with van der Waals surface area (Å²) in [5.41, 5.74) is 3.48. The summed E-state index contributed by atoms with van der Waals surface area (Å²) >= 11 is 1.59. The third-order valence-corrected chi connectivity index (χ3v) is 6.25. The van der Waals surface area contributed by atoms with Crippen LogP contribution in [0.25, 0.3) is 16.3 Å². The first-order valence-electron chi connectivity index (χ1n) is 9.65. The Morgan fingerprint density at radius 3 is 2.77 bits per heavy atom. The maximum absolute atomic E-state index is 10.00. The Bertz CT molecular complexity index is 1410. The fourth-order valence-electron chi connectivity index (χ4n) is 3.96. The topological polar surface area (TPSA) is 81.8 Å². The highest BCUT2D eigenvalue weighted by Gasteiger charge is 2.33. The van der Waals surface area contributed by atoms with Gasteiger partial charge in [0.15, 0.2) is 11.5 Å². The maximum atomic E-state index is 10.00. The normalized spacial score (nSPS) is 14.7. The van der Waals surface area contributed by atoms with E-state index in [0.717, 1.165) is 27.3 Å². The summed E-state index contributed by atoms with van der Waals surface area (Å²) in [6.45, 7) is 0. The quantitative estimate of drug-likeness (QED) is 0.434. The molecule has 0 spiro atoms. The minimum absolute atomic E-state index is 0.138. The second-order valence-corrected chi connectivity index (χ2v) is 8.12. The molecule has 1 aliphatic heterocycles. The number of ether oxygens (including phenoxy) is 2. The molecular formula is C23H16N4O3S. The number of thiophene rings is 1. The van der Waals surface area contributed by atoms with Crippen LogP contribution in [0.15, 0.2) is 66.3 Å². The van der Waals surface area contributed by atoms with Crippen LogP contribution in [0.4, 0.5) is 0 Å². The summed E-state index contributed by atoms with van der Waals surface area (Å²) in [5.74, 6) is 2.40. The van der Waals surface area contributed by atoms with Crippen molar-refractivity contribution in [1.29, 1.82) is 0 Å². The number of aromatic nitrogens is 4. The summed E-state index contributed by atoms with van der Waals surface area (Å²) in [6, 6.07) is 17.0. The Kier molecular flexibility index (Phi) is 3.94. The molecule has 0 amide bonds. The zero-order chi connectivity index (χ0) is 20.9. The van der Waals surface area contributed by atoms with Crippen molar-refractivity contribution >= 4 is 17.0 Å². The van der Waals surface area contributed by atoms with Crippen molar-refractivity contribution in [3.8, 4) is 33.8 Å². The second-order valence-electron chi connectivity index (χ2n) is 7.17.